The molecule has 2 rings (SSSR count). The maximum Gasteiger partial charge on any atom is 0.310 e. The normalized spacial score (nSPS) is 11.8. The van der Waals surface area contributed by atoms with Crippen LogP contribution in [0.5, 0.6) is 11.5 Å². The number of aliphatic carboxylic acids is 1. The van der Waals surface area contributed by atoms with Crippen LogP contribution in [0.25, 0.3) is 0 Å². The van der Waals surface area contributed by atoms with Crippen LogP contribution in [0.4, 0.5) is 0 Å². The number of aromatic nitrogens is 1. The number of ether oxygens (including phenoxy) is 1. The lowest BCUT2D eigenvalue weighted by Gasteiger charge is -2.08. The van der Waals surface area contributed by atoms with Crippen molar-refractivity contribution in [2.24, 2.45) is 0 Å². The second-order valence-electron chi connectivity index (χ2n) is 3.91. The van der Waals surface area contributed by atoms with Crippen molar-refractivity contribution in [3.8, 4) is 11.5 Å². The quantitative estimate of drug-likeness (QED) is 0.896. The molecule has 1 atom stereocenters. The van der Waals surface area contributed by atoms with Gasteiger partial charge in [0.25, 0.3) is 0 Å². The molecule has 4 nitrogen and oxygen atoms in total. The summed E-state index contributed by atoms with van der Waals surface area (Å²) in [4.78, 5) is 14.7. The number of benzene rings is 1. The Balaban J connectivity index is 2.11. The highest BCUT2D eigenvalue weighted by Crippen LogP contribution is 2.23. The van der Waals surface area contributed by atoms with Gasteiger partial charge in [-0.15, -0.1) is 0 Å². The van der Waals surface area contributed by atoms with E-state index in [-0.39, 0.29) is 0 Å². The minimum atomic E-state index is -0.835. The molecule has 0 saturated heterocycles. The number of carboxylic acid groups (broad SMARTS) is 1. The molecule has 0 spiro atoms. The van der Waals surface area contributed by atoms with Gasteiger partial charge in [0.2, 0.25) is 0 Å². The van der Waals surface area contributed by atoms with Gasteiger partial charge in [0.05, 0.1) is 5.92 Å². The summed E-state index contributed by atoms with van der Waals surface area (Å²) in [5.74, 6) is 0.0179. The summed E-state index contributed by atoms with van der Waals surface area (Å²) in [6, 6.07) is 10.6. The van der Waals surface area contributed by atoms with Gasteiger partial charge >= 0.3 is 5.97 Å². The zero-order chi connectivity index (χ0) is 13.0. The smallest absolute Gasteiger partial charge is 0.310 e. The fourth-order valence-electron chi connectivity index (χ4n) is 1.51. The molecule has 0 aliphatic rings. The molecule has 2 aromatic rings. The molecule has 4 heteroatoms. The monoisotopic (exact) mass is 243 g/mol. The number of pyridine rings is 1. The maximum absolute atomic E-state index is 10.8. The van der Waals surface area contributed by atoms with Crippen LogP contribution in [0.15, 0.2) is 48.8 Å². The largest absolute Gasteiger partial charge is 0.481 e. The summed E-state index contributed by atoms with van der Waals surface area (Å²) >= 11 is 0. The van der Waals surface area contributed by atoms with Gasteiger partial charge in [-0.25, -0.2) is 0 Å². The number of hydrogen-bond donors (Lipinski definition) is 1. The number of nitrogens with zero attached hydrogens (tertiary/aromatic N) is 1. The molecule has 1 N–H and O–H groups in total. The van der Waals surface area contributed by atoms with Gasteiger partial charge in [-0.3, -0.25) is 9.78 Å². The Bertz CT molecular complexity index is 522. The first-order valence-corrected chi connectivity index (χ1v) is 5.57. The van der Waals surface area contributed by atoms with E-state index >= 15 is 0 Å². The highest BCUT2D eigenvalue weighted by atomic mass is 16.5. The number of carbonyl (C=O) groups is 1. The highest BCUT2D eigenvalue weighted by Gasteiger charge is 2.13. The molecule has 0 aliphatic heterocycles. The lowest BCUT2D eigenvalue weighted by atomic mass is 10.0. The number of rotatable bonds is 4. The molecule has 1 unspecified atom stereocenters. The van der Waals surface area contributed by atoms with Crippen molar-refractivity contribution in [2.75, 3.05) is 0 Å². The Morgan fingerprint density at radius 1 is 1.11 bits per heavy atom. The first-order chi connectivity index (χ1) is 8.66. The van der Waals surface area contributed by atoms with Crippen molar-refractivity contribution < 1.29 is 14.6 Å². The van der Waals surface area contributed by atoms with Crippen LogP contribution in [0.1, 0.15) is 18.4 Å². The molecule has 18 heavy (non-hydrogen) atoms. The Kier molecular flexibility index (Phi) is 3.57. The SMILES string of the molecule is CC(C(=O)O)c1ccc(Oc2ccncc2)cc1. The zero-order valence-corrected chi connectivity index (χ0v) is 9.91. The molecular weight excluding hydrogens is 230 g/mol. The van der Waals surface area contributed by atoms with Gasteiger partial charge in [-0.2, -0.15) is 0 Å². The minimum absolute atomic E-state index is 0.514. The molecule has 1 heterocycles. The number of carboxylic acids is 1. The van der Waals surface area contributed by atoms with Gasteiger partial charge in [0.1, 0.15) is 11.5 Å². The summed E-state index contributed by atoms with van der Waals surface area (Å²) < 4.78 is 5.59. The molecule has 0 bridgehead atoms. The third kappa shape index (κ3) is 2.85. The Labute approximate surface area is 105 Å². The molecule has 92 valence electrons. The van der Waals surface area contributed by atoms with Gasteiger partial charge in [0, 0.05) is 12.4 Å². The van der Waals surface area contributed by atoms with Crippen LogP contribution in [-0.2, 0) is 4.79 Å². The number of hydrogen-bond acceptors (Lipinski definition) is 3. The lowest BCUT2D eigenvalue weighted by Crippen LogP contribution is -2.06. The van der Waals surface area contributed by atoms with Crippen LogP contribution in [0.2, 0.25) is 0 Å². The van der Waals surface area contributed by atoms with E-state index < -0.39 is 11.9 Å². The van der Waals surface area contributed by atoms with E-state index in [9.17, 15) is 4.79 Å². The van der Waals surface area contributed by atoms with E-state index in [1.54, 1.807) is 55.7 Å². The van der Waals surface area contributed by atoms with E-state index in [4.69, 9.17) is 9.84 Å². The molecule has 1 aromatic carbocycles. The Morgan fingerprint density at radius 2 is 1.67 bits per heavy atom. The van der Waals surface area contributed by atoms with Crippen LogP contribution in [0.3, 0.4) is 0 Å². The molecule has 0 aliphatic carbocycles. The molecular formula is C14H13NO3. The second kappa shape index (κ2) is 5.31. The third-order valence-corrected chi connectivity index (χ3v) is 2.64. The topological polar surface area (TPSA) is 59.4 Å². The van der Waals surface area contributed by atoms with Crippen molar-refractivity contribution in [1.82, 2.24) is 4.98 Å². The van der Waals surface area contributed by atoms with E-state index in [0.717, 1.165) is 5.56 Å². The van der Waals surface area contributed by atoms with Crippen LogP contribution in [-0.4, -0.2) is 16.1 Å². The van der Waals surface area contributed by atoms with E-state index in [1.807, 2.05) is 0 Å². The predicted molar refractivity (Wildman–Crippen MR) is 66.8 cm³/mol. The summed E-state index contributed by atoms with van der Waals surface area (Å²) in [7, 11) is 0. The molecule has 0 amide bonds. The minimum Gasteiger partial charge on any atom is -0.481 e. The van der Waals surface area contributed by atoms with Gasteiger partial charge in [-0.05, 0) is 36.8 Å². The average Bonchev–Trinajstić information content (AvgIpc) is 2.40. The van der Waals surface area contributed by atoms with Crippen LogP contribution < -0.4 is 4.74 Å². The van der Waals surface area contributed by atoms with Crippen molar-refractivity contribution in [1.29, 1.82) is 0 Å². The Hall–Kier alpha value is -2.36. The van der Waals surface area contributed by atoms with E-state index in [1.165, 1.54) is 0 Å². The van der Waals surface area contributed by atoms with Crippen molar-refractivity contribution in [3.05, 3.63) is 54.4 Å². The first kappa shape index (κ1) is 12.1. The predicted octanol–water partition coefficient (Wildman–Crippen LogP) is 3.06. The Morgan fingerprint density at radius 3 is 2.22 bits per heavy atom. The zero-order valence-electron chi connectivity index (χ0n) is 9.91. The molecule has 0 saturated carbocycles. The summed E-state index contributed by atoms with van der Waals surface area (Å²) in [6.45, 7) is 1.65. The summed E-state index contributed by atoms with van der Waals surface area (Å²) in [6.07, 6.45) is 3.30. The second-order valence-corrected chi connectivity index (χ2v) is 3.91. The standard InChI is InChI=1S/C14H13NO3/c1-10(14(16)17)11-2-4-12(5-3-11)18-13-6-8-15-9-7-13/h2-10H,1H3,(H,16,17). The third-order valence-electron chi connectivity index (χ3n) is 2.64. The summed E-state index contributed by atoms with van der Waals surface area (Å²) in [5, 5.41) is 8.90. The maximum atomic E-state index is 10.8. The highest BCUT2D eigenvalue weighted by molar-refractivity contribution is 5.75. The molecule has 1 aromatic heterocycles. The van der Waals surface area contributed by atoms with E-state index in [0.29, 0.717) is 11.5 Å². The van der Waals surface area contributed by atoms with E-state index in [2.05, 4.69) is 4.98 Å². The van der Waals surface area contributed by atoms with Gasteiger partial charge in [0.15, 0.2) is 0 Å². The van der Waals surface area contributed by atoms with Crippen molar-refractivity contribution in [3.63, 3.8) is 0 Å². The fourth-order valence-corrected chi connectivity index (χ4v) is 1.51. The fraction of sp³-hybridized carbons (Fsp3) is 0.143. The van der Waals surface area contributed by atoms with Crippen molar-refractivity contribution >= 4 is 5.97 Å². The lowest BCUT2D eigenvalue weighted by molar-refractivity contribution is -0.138. The molecule has 0 fully saturated rings. The average molecular weight is 243 g/mol. The van der Waals surface area contributed by atoms with Gasteiger partial charge < -0.3 is 9.84 Å². The first-order valence-electron chi connectivity index (χ1n) is 5.57. The molecule has 0 radical (unpaired) electrons. The van der Waals surface area contributed by atoms with Crippen molar-refractivity contribution in [2.45, 2.75) is 12.8 Å². The summed E-state index contributed by atoms with van der Waals surface area (Å²) in [5.41, 5.74) is 0.754. The van der Waals surface area contributed by atoms with Crippen LogP contribution in [0, 0.1) is 0 Å². The van der Waals surface area contributed by atoms with Gasteiger partial charge in [-0.1, -0.05) is 12.1 Å². The van der Waals surface area contributed by atoms with Crippen LogP contribution >= 0.6 is 0 Å².